The average Bonchev–Trinajstić information content (AvgIpc) is 2.50. The zero-order valence-corrected chi connectivity index (χ0v) is 13.3. The van der Waals surface area contributed by atoms with Gasteiger partial charge in [-0.1, -0.05) is 63.6 Å². The van der Waals surface area contributed by atoms with Crippen molar-refractivity contribution in [3.63, 3.8) is 0 Å². The maximum atomic E-state index is 5.75. The largest absolute Gasteiger partial charge is 0.287 e. The van der Waals surface area contributed by atoms with Crippen molar-refractivity contribution < 1.29 is 4.84 Å². The van der Waals surface area contributed by atoms with Gasteiger partial charge in [-0.15, -0.1) is 5.17 Å². The molecular weight excluding hydrogens is 248 g/mol. The predicted molar refractivity (Wildman–Crippen MR) is 86.6 cm³/mol. The zero-order valence-electron chi connectivity index (χ0n) is 13.3. The van der Waals surface area contributed by atoms with Crippen LogP contribution in [0.25, 0.3) is 0 Å². The van der Waals surface area contributed by atoms with Crippen LogP contribution < -0.4 is 5.01 Å². The van der Waals surface area contributed by atoms with Crippen LogP contribution in [-0.4, -0.2) is 25.9 Å². The summed E-state index contributed by atoms with van der Waals surface area (Å²) >= 11 is 0. The molecule has 20 heavy (non-hydrogen) atoms. The quantitative estimate of drug-likeness (QED) is 0.433. The molecule has 0 saturated carbocycles. The van der Waals surface area contributed by atoms with E-state index in [0.717, 1.165) is 18.7 Å². The molecule has 1 aromatic carbocycles. The van der Waals surface area contributed by atoms with Crippen LogP contribution in [0.15, 0.2) is 30.3 Å². The van der Waals surface area contributed by atoms with Crippen molar-refractivity contribution in [2.24, 2.45) is 0 Å². The Balaban J connectivity index is 2.07. The van der Waals surface area contributed by atoms with Gasteiger partial charge in [0.2, 0.25) is 0 Å². The Morgan fingerprint density at radius 3 is 2.10 bits per heavy atom. The summed E-state index contributed by atoms with van der Waals surface area (Å²) in [7, 11) is 3.97. The number of hydrazine groups is 1. The van der Waals surface area contributed by atoms with Crippen LogP contribution in [0.1, 0.15) is 51.9 Å². The first-order chi connectivity index (χ1) is 9.75. The highest BCUT2D eigenvalue weighted by Gasteiger charge is 2.06. The van der Waals surface area contributed by atoms with Gasteiger partial charge in [-0.2, -0.15) is 0 Å². The second-order valence-electron chi connectivity index (χ2n) is 5.28. The van der Waals surface area contributed by atoms with Crippen molar-refractivity contribution in [1.29, 1.82) is 0 Å². The third kappa shape index (κ3) is 6.92. The van der Waals surface area contributed by atoms with E-state index in [4.69, 9.17) is 4.84 Å². The SMILES string of the molecule is CCCCCCCCCON(C)N(C)c1ccccc1. The predicted octanol–water partition coefficient (Wildman–Crippen LogP) is 4.65. The van der Waals surface area contributed by atoms with E-state index in [1.807, 2.05) is 42.5 Å². The van der Waals surface area contributed by atoms with Crippen LogP contribution in [0.4, 0.5) is 5.69 Å². The molecule has 0 atom stereocenters. The molecule has 0 radical (unpaired) electrons. The normalized spacial score (nSPS) is 11.0. The Labute approximate surface area is 124 Å². The molecule has 3 nitrogen and oxygen atoms in total. The van der Waals surface area contributed by atoms with Gasteiger partial charge in [-0.25, -0.2) is 0 Å². The van der Waals surface area contributed by atoms with E-state index in [9.17, 15) is 0 Å². The van der Waals surface area contributed by atoms with Gasteiger partial charge >= 0.3 is 0 Å². The lowest BCUT2D eigenvalue weighted by Crippen LogP contribution is -2.36. The highest BCUT2D eigenvalue weighted by atomic mass is 16.7. The summed E-state index contributed by atoms with van der Waals surface area (Å²) in [5.41, 5.74) is 1.13. The van der Waals surface area contributed by atoms with Crippen molar-refractivity contribution in [2.45, 2.75) is 51.9 Å². The van der Waals surface area contributed by atoms with Gasteiger partial charge < -0.3 is 0 Å². The third-order valence-corrected chi connectivity index (χ3v) is 3.58. The van der Waals surface area contributed by atoms with Gasteiger partial charge in [0.1, 0.15) is 0 Å². The summed E-state index contributed by atoms with van der Waals surface area (Å²) in [5, 5.41) is 3.83. The zero-order chi connectivity index (χ0) is 14.6. The number of para-hydroxylation sites is 1. The summed E-state index contributed by atoms with van der Waals surface area (Å²) < 4.78 is 0. The standard InChI is InChI=1S/C17H30N2O/c1-4-5-6-7-8-9-13-16-20-19(3)18(2)17-14-11-10-12-15-17/h10-12,14-15H,4-9,13,16H2,1-3H3. The van der Waals surface area contributed by atoms with Crippen molar-refractivity contribution in [3.05, 3.63) is 30.3 Å². The minimum atomic E-state index is 0.793. The lowest BCUT2D eigenvalue weighted by atomic mass is 10.1. The molecule has 3 heteroatoms. The number of benzene rings is 1. The minimum Gasteiger partial charge on any atom is -0.287 e. The first kappa shape index (κ1) is 17.0. The molecule has 1 aromatic rings. The fraction of sp³-hybridized carbons (Fsp3) is 0.647. The monoisotopic (exact) mass is 278 g/mol. The second-order valence-corrected chi connectivity index (χ2v) is 5.28. The Kier molecular flexibility index (Phi) is 9.09. The maximum Gasteiger partial charge on any atom is 0.0706 e. The molecule has 0 aliphatic heterocycles. The Bertz CT molecular complexity index is 329. The maximum absolute atomic E-state index is 5.75. The molecule has 0 heterocycles. The molecule has 0 aliphatic rings. The van der Waals surface area contributed by atoms with Crippen LogP contribution in [-0.2, 0) is 4.84 Å². The first-order valence-corrected chi connectivity index (χ1v) is 7.91. The summed E-state index contributed by atoms with van der Waals surface area (Å²) in [6, 6.07) is 10.3. The number of hydrogen-bond acceptors (Lipinski definition) is 3. The topological polar surface area (TPSA) is 15.7 Å². The molecule has 0 saturated heterocycles. The highest BCUT2D eigenvalue weighted by Crippen LogP contribution is 2.13. The summed E-state index contributed by atoms with van der Waals surface area (Å²) in [6.45, 7) is 3.05. The van der Waals surface area contributed by atoms with Gasteiger partial charge in [-0.3, -0.25) is 9.85 Å². The molecule has 1 rings (SSSR count). The van der Waals surface area contributed by atoms with Crippen LogP contribution in [0.3, 0.4) is 0 Å². The van der Waals surface area contributed by atoms with Crippen LogP contribution >= 0.6 is 0 Å². The molecule has 0 N–H and O–H groups in total. The number of nitrogens with zero attached hydrogens (tertiary/aromatic N) is 2. The van der Waals surface area contributed by atoms with E-state index in [1.165, 1.54) is 38.5 Å². The molecule has 114 valence electrons. The number of anilines is 1. The highest BCUT2D eigenvalue weighted by molar-refractivity contribution is 5.43. The van der Waals surface area contributed by atoms with E-state index in [2.05, 4.69) is 19.1 Å². The van der Waals surface area contributed by atoms with Crippen molar-refractivity contribution in [1.82, 2.24) is 5.17 Å². The van der Waals surface area contributed by atoms with Crippen molar-refractivity contribution >= 4 is 5.69 Å². The van der Waals surface area contributed by atoms with Gasteiger partial charge in [0.25, 0.3) is 0 Å². The third-order valence-electron chi connectivity index (χ3n) is 3.58. The van der Waals surface area contributed by atoms with Crippen LogP contribution in [0.2, 0.25) is 0 Å². The summed E-state index contributed by atoms with van der Waals surface area (Å²) in [5.74, 6) is 0. The van der Waals surface area contributed by atoms with Gasteiger partial charge in [-0.05, 0) is 18.6 Å². The molecule has 0 spiro atoms. The van der Waals surface area contributed by atoms with Gasteiger partial charge in [0, 0.05) is 14.1 Å². The van der Waals surface area contributed by atoms with Crippen molar-refractivity contribution in [3.8, 4) is 0 Å². The molecule has 0 amide bonds. The van der Waals surface area contributed by atoms with E-state index in [0.29, 0.717) is 0 Å². The van der Waals surface area contributed by atoms with Crippen LogP contribution in [0, 0.1) is 0 Å². The molecule has 0 unspecified atom stereocenters. The van der Waals surface area contributed by atoms with E-state index in [-0.39, 0.29) is 0 Å². The number of hydroxylamine groups is 1. The molecule has 0 fully saturated rings. The second kappa shape index (κ2) is 10.7. The Morgan fingerprint density at radius 1 is 0.850 bits per heavy atom. The fourth-order valence-corrected chi connectivity index (χ4v) is 2.15. The average molecular weight is 278 g/mol. The first-order valence-electron chi connectivity index (χ1n) is 7.91. The van der Waals surface area contributed by atoms with E-state index < -0.39 is 0 Å². The lowest BCUT2D eigenvalue weighted by Gasteiger charge is -2.28. The number of unbranched alkanes of at least 4 members (excludes halogenated alkanes) is 6. The minimum absolute atomic E-state index is 0.793. The number of hydrogen-bond donors (Lipinski definition) is 0. The Morgan fingerprint density at radius 2 is 1.45 bits per heavy atom. The van der Waals surface area contributed by atoms with Gasteiger partial charge in [0.15, 0.2) is 0 Å². The summed E-state index contributed by atoms with van der Waals surface area (Å²) in [6.07, 6.45) is 9.19. The molecular formula is C17H30N2O. The molecule has 0 bridgehead atoms. The van der Waals surface area contributed by atoms with Crippen molar-refractivity contribution in [2.75, 3.05) is 25.7 Å². The Hall–Kier alpha value is -1.06. The smallest absolute Gasteiger partial charge is 0.0706 e. The van der Waals surface area contributed by atoms with Gasteiger partial charge in [0.05, 0.1) is 12.3 Å². The molecule has 0 aromatic heterocycles. The van der Waals surface area contributed by atoms with Crippen LogP contribution in [0.5, 0.6) is 0 Å². The number of rotatable bonds is 11. The fourth-order valence-electron chi connectivity index (χ4n) is 2.15. The molecule has 0 aliphatic carbocycles. The van der Waals surface area contributed by atoms with E-state index >= 15 is 0 Å². The lowest BCUT2D eigenvalue weighted by molar-refractivity contribution is -0.145. The van der Waals surface area contributed by atoms with E-state index in [1.54, 1.807) is 0 Å². The summed E-state index contributed by atoms with van der Waals surface area (Å²) in [4.78, 5) is 5.75.